The van der Waals surface area contributed by atoms with Gasteiger partial charge in [0.25, 0.3) is 0 Å². The molecule has 0 saturated carbocycles. The second-order valence-electron chi connectivity index (χ2n) is 8.72. The predicted octanol–water partition coefficient (Wildman–Crippen LogP) is 3.29. The van der Waals surface area contributed by atoms with E-state index in [1.165, 1.54) is 32.5 Å². The third-order valence-electron chi connectivity index (χ3n) is 5.10. The van der Waals surface area contributed by atoms with Crippen molar-refractivity contribution in [1.82, 2.24) is 10.2 Å². The van der Waals surface area contributed by atoms with E-state index in [1.54, 1.807) is 0 Å². The number of nitrogens with one attached hydrogen (secondary N) is 1. The van der Waals surface area contributed by atoms with Crippen molar-refractivity contribution >= 4 is 0 Å². The quantitative estimate of drug-likeness (QED) is 0.842. The van der Waals surface area contributed by atoms with Crippen LogP contribution < -0.4 is 5.32 Å². The van der Waals surface area contributed by atoms with Crippen LogP contribution in [0.1, 0.15) is 60.8 Å². The zero-order valence-electron chi connectivity index (χ0n) is 15.0. The number of hydrogen-bond donors (Lipinski definition) is 1. The Morgan fingerprint density at radius 2 is 1.76 bits per heavy atom. The van der Waals surface area contributed by atoms with Crippen LogP contribution in [0.15, 0.2) is 0 Å². The summed E-state index contributed by atoms with van der Waals surface area (Å²) in [6.07, 6.45) is 3.83. The molecule has 0 amide bonds. The van der Waals surface area contributed by atoms with Crippen molar-refractivity contribution in [2.24, 2.45) is 11.8 Å². The van der Waals surface area contributed by atoms with Crippen molar-refractivity contribution in [2.45, 2.75) is 78.0 Å². The zero-order valence-corrected chi connectivity index (χ0v) is 15.0. The van der Waals surface area contributed by atoms with Gasteiger partial charge in [0.1, 0.15) is 0 Å². The van der Waals surface area contributed by atoms with Crippen LogP contribution in [-0.4, -0.2) is 48.3 Å². The van der Waals surface area contributed by atoms with Crippen LogP contribution in [0.25, 0.3) is 0 Å². The molecule has 2 fully saturated rings. The van der Waals surface area contributed by atoms with Crippen LogP contribution in [-0.2, 0) is 4.74 Å². The molecule has 124 valence electrons. The first-order valence-electron chi connectivity index (χ1n) is 8.84. The van der Waals surface area contributed by atoms with E-state index in [-0.39, 0.29) is 11.2 Å². The molecule has 2 rings (SSSR count). The second kappa shape index (κ2) is 6.55. The number of likely N-dealkylation sites (tertiary alicyclic amines) is 1. The van der Waals surface area contributed by atoms with Gasteiger partial charge in [-0.2, -0.15) is 0 Å². The third kappa shape index (κ3) is 4.67. The average molecular weight is 296 g/mol. The fraction of sp³-hybridized carbons (Fsp3) is 1.00. The maximum absolute atomic E-state index is 6.27. The summed E-state index contributed by atoms with van der Waals surface area (Å²) in [5.74, 6) is 1.61. The number of nitrogens with zero attached hydrogens (tertiary/aromatic N) is 1. The smallest absolute Gasteiger partial charge is 0.0789 e. The minimum atomic E-state index is -0.00771. The number of piperidine rings is 1. The molecule has 0 spiro atoms. The van der Waals surface area contributed by atoms with E-state index >= 15 is 0 Å². The topological polar surface area (TPSA) is 24.5 Å². The Bertz CT molecular complexity index is 330. The first-order chi connectivity index (χ1) is 9.70. The van der Waals surface area contributed by atoms with Crippen molar-refractivity contribution in [3.05, 3.63) is 0 Å². The van der Waals surface area contributed by atoms with Crippen LogP contribution in [0.5, 0.6) is 0 Å². The Labute approximate surface area is 131 Å². The maximum atomic E-state index is 6.27. The molecule has 1 unspecified atom stereocenters. The predicted molar refractivity (Wildman–Crippen MR) is 89.7 cm³/mol. The summed E-state index contributed by atoms with van der Waals surface area (Å²) in [6, 6.07) is 0.581. The van der Waals surface area contributed by atoms with E-state index in [9.17, 15) is 0 Å². The molecule has 2 aliphatic heterocycles. The monoisotopic (exact) mass is 296 g/mol. The summed E-state index contributed by atoms with van der Waals surface area (Å²) >= 11 is 0. The van der Waals surface area contributed by atoms with Gasteiger partial charge in [-0.1, -0.05) is 13.8 Å². The van der Waals surface area contributed by atoms with Crippen LogP contribution in [0.4, 0.5) is 0 Å². The van der Waals surface area contributed by atoms with E-state index in [4.69, 9.17) is 4.74 Å². The van der Waals surface area contributed by atoms with Gasteiger partial charge in [-0.25, -0.2) is 0 Å². The number of hydrogen-bond acceptors (Lipinski definition) is 3. The van der Waals surface area contributed by atoms with Gasteiger partial charge in [-0.05, 0) is 85.0 Å². The van der Waals surface area contributed by atoms with Gasteiger partial charge in [0, 0.05) is 6.04 Å². The zero-order chi connectivity index (χ0) is 15.7. The average Bonchev–Trinajstić information content (AvgIpc) is 2.58. The lowest BCUT2D eigenvalue weighted by molar-refractivity contribution is -0.0827. The summed E-state index contributed by atoms with van der Waals surface area (Å²) in [7, 11) is 0. The largest absolute Gasteiger partial charge is 0.368 e. The van der Waals surface area contributed by atoms with Gasteiger partial charge in [-0.3, -0.25) is 4.90 Å². The maximum Gasteiger partial charge on any atom is 0.0789 e. The van der Waals surface area contributed by atoms with Gasteiger partial charge in [0.15, 0.2) is 0 Å². The SMILES string of the molecule is CC(C)CNCC1CCN(C2CC(C)(C)OC2(C)C)CC1. The summed E-state index contributed by atoms with van der Waals surface area (Å²) in [5, 5.41) is 3.63. The van der Waals surface area contributed by atoms with Crippen LogP contribution in [0.2, 0.25) is 0 Å². The molecule has 1 N–H and O–H groups in total. The van der Waals surface area contributed by atoms with E-state index in [1.807, 2.05) is 0 Å². The molecule has 0 bridgehead atoms. The molecule has 0 aromatic heterocycles. The fourth-order valence-corrected chi connectivity index (χ4v) is 4.15. The summed E-state index contributed by atoms with van der Waals surface area (Å²) in [5.41, 5.74) is 0.0239. The summed E-state index contributed by atoms with van der Waals surface area (Å²) in [6.45, 7) is 18.4. The van der Waals surface area contributed by atoms with Crippen molar-refractivity contribution in [3.63, 3.8) is 0 Å². The Hall–Kier alpha value is -0.120. The highest BCUT2D eigenvalue weighted by Gasteiger charge is 2.48. The minimum Gasteiger partial charge on any atom is -0.368 e. The molecule has 21 heavy (non-hydrogen) atoms. The first-order valence-corrected chi connectivity index (χ1v) is 8.84. The highest BCUT2D eigenvalue weighted by Crippen LogP contribution is 2.41. The van der Waals surface area contributed by atoms with Crippen LogP contribution in [0.3, 0.4) is 0 Å². The molecular formula is C18H36N2O. The molecule has 0 radical (unpaired) electrons. The van der Waals surface area contributed by atoms with Gasteiger partial charge < -0.3 is 10.1 Å². The normalized spacial score (nSPS) is 30.1. The molecule has 2 heterocycles. The lowest BCUT2D eigenvalue weighted by atomic mass is 9.89. The Morgan fingerprint density at radius 1 is 1.14 bits per heavy atom. The molecule has 1 atom stereocenters. The minimum absolute atomic E-state index is 0.00771. The molecule has 0 aromatic carbocycles. The molecule has 0 aromatic rings. The van der Waals surface area contributed by atoms with Crippen molar-refractivity contribution in [2.75, 3.05) is 26.2 Å². The Balaban J connectivity index is 1.79. The van der Waals surface area contributed by atoms with Crippen LogP contribution in [0, 0.1) is 11.8 Å². The van der Waals surface area contributed by atoms with E-state index in [0.29, 0.717) is 6.04 Å². The standard InChI is InChI=1S/C18H36N2O/c1-14(2)12-19-13-15-7-9-20(10-8-15)16-11-17(3,4)21-18(16,5)6/h14-16,19H,7-13H2,1-6H3. The molecule has 2 aliphatic rings. The third-order valence-corrected chi connectivity index (χ3v) is 5.10. The van der Waals surface area contributed by atoms with Gasteiger partial charge in [0.2, 0.25) is 0 Å². The van der Waals surface area contributed by atoms with E-state index in [2.05, 4.69) is 51.8 Å². The van der Waals surface area contributed by atoms with E-state index in [0.717, 1.165) is 24.8 Å². The van der Waals surface area contributed by atoms with Crippen molar-refractivity contribution < 1.29 is 4.74 Å². The van der Waals surface area contributed by atoms with Crippen molar-refractivity contribution in [1.29, 1.82) is 0 Å². The first kappa shape index (κ1) is 17.2. The molecule has 0 aliphatic carbocycles. The Morgan fingerprint density at radius 3 is 2.24 bits per heavy atom. The molecule has 3 nitrogen and oxygen atoms in total. The summed E-state index contributed by atoms with van der Waals surface area (Å²) in [4.78, 5) is 2.69. The Kier molecular flexibility index (Phi) is 5.38. The number of ether oxygens (including phenoxy) is 1. The summed E-state index contributed by atoms with van der Waals surface area (Å²) < 4.78 is 6.27. The highest BCUT2D eigenvalue weighted by atomic mass is 16.5. The van der Waals surface area contributed by atoms with Gasteiger partial charge >= 0.3 is 0 Å². The highest BCUT2D eigenvalue weighted by molar-refractivity contribution is 5.00. The van der Waals surface area contributed by atoms with Crippen molar-refractivity contribution in [3.8, 4) is 0 Å². The van der Waals surface area contributed by atoms with E-state index < -0.39 is 0 Å². The molecule has 3 heteroatoms. The van der Waals surface area contributed by atoms with Gasteiger partial charge in [0.05, 0.1) is 11.2 Å². The molecule has 2 saturated heterocycles. The second-order valence-corrected chi connectivity index (χ2v) is 8.72. The lowest BCUT2D eigenvalue weighted by Crippen LogP contribution is -2.50. The van der Waals surface area contributed by atoms with Crippen LogP contribution >= 0.6 is 0 Å². The number of rotatable bonds is 5. The molecular weight excluding hydrogens is 260 g/mol. The van der Waals surface area contributed by atoms with Gasteiger partial charge in [-0.15, -0.1) is 0 Å². The fourth-order valence-electron chi connectivity index (χ4n) is 4.15. The lowest BCUT2D eigenvalue weighted by Gasteiger charge is -2.40.